The normalized spacial score (nSPS) is 14.7. The maximum Gasteiger partial charge on any atom is 0.235 e. The van der Waals surface area contributed by atoms with Crippen LogP contribution < -0.4 is 0 Å². The molecule has 5 rings (SSSR count). The van der Waals surface area contributed by atoms with E-state index in [9.17, 15) is 10.1 Å². The minimum atomic E-state index is 0.0290. The molecule has 31 heavy (non-hydrogen) atoms. The topological polar surface area (TPSA) is 84.5 Å². The molecule has 0 N–H and O–H groups in total. The summed E-state index contributed by atoms with van der Waals surface area (Å²) >= 11 is 1.42. The molecule has 2 aromatic carbocycles. The van der Waals surface area contributed by atoms with Gasteiger partial charge >= 0.3 is 0 Å². The number of carbonyl (C=O) groups excluding carboxylic acids is 1. The van der Waals surface area contributed by atoms with Crippen molar-refractivity contribution in [1.82, 2.24) is 19.7 Å². The molecular formula is C24H21N5OS. The van der Waals surface area contributed by atoms with Gasteiger partial charge in [-0.05, 0) is 30.5 Å². The summed E-state index contributed by atoms with van der Waals surface area (Å²) in [6.07, 6.45) is 5.25. The molecule has 0 aliphatic heterocycles. The molecule has 0 radical (unpaired) electrons. The van der Waals surface area contributed by atoms with Crippen LogP contribution >= 0.6 is 11.8 Å². The summed E-state index contributed by atoms with van der Waals surface area (Å²) in [5, 5.41) is 19.5. The van der Waals surface area contributed by atoms with Crippen LogP contribution in [0.2, 0.25) is 0 Å². The van der Waals surface area contributed by atoms with Crippen LogP contribution in [0.5, 0.6) is 0 Å². The van der Waals surface area contributed by atoms with E-state index in [2.05, 4.69) is 16.3 Å². The van der Waals surface area contributed by atoms with E-state index < -0.39 is 0 Å². The third-order valence-electron chi connectivity index (χ3n) is 5.93. The number of aromatic nitrogens is 4. The van der Waals surface area contributed by atoms with E-state index in [0.717, 1.165) is 42.1 Å². The number of nitrogens with zero attached hydrogens (tertiary/aromatic N) is 5. The van der Waals surface area contributed by atoms with Crippen molar-refractivity contribution >= 4 is 39.7 Å². The van der Waals surface area contributed by atoms with Gasteiger partial charge in [0.05, 0.1) is 17.1 Å². The third-order valence-corrected chi connectivity index (χ3v) is 6.82. The van der Waals surface area contributed by atoms with E-state index in [1.807, 2.05) is 42.5 Å². The minimum Gasteiger partial charge on any atom is -0.274 e. The largest absolute Gasteiger partial charge is 0.274 e. The van der Waals surface area contributed by atoms with E-state index in [-0.39, 0.29) is 11.8 Å². The van der Waals surface area contributed by atoms with Crippen molar-refractivity contribution in [2.24, 2.45) is 5.92 Å². The van der Waals surface area contributed by atoms with Crippen LogP contribution in [0, 0.1) is 17.2 Å². The molecule has 0 atom stereocenters. The number of nitriles is 1. The van der Waals surface area contributed by atoms with Crippen molar-refractivity contribution in [3.8, 4) is 6.07 Å². The fourth-order valence-corrected chi connectivity index (χ4v) is 5.12. The third kappa shape index (κ3) is 3.68. The molecule has 1 fully saturated rings. The predicted octanol–water partition coefficient (Wildman–Crippen LogP) is 5.36. The van der Waals surface area contributed by atoms with Crippen LogP contribution in [0.3, 0.4) is 0 Å². The van der Waals surface area contributed by atoms with E-state index in [0.29, 0.717) is 27.6 Å². The Hall–Kier alpha value is -3.24. The fourth-order valence-electron chi connectivity index (χ4n) is 4.33. The van der Waals surface area contributed by atoms with Crippen LogP contribution in [0.1, 0.15) is 48.0 Å². The molecule has 0 amide bonds. The lowest BCUT2D eigenvalue weighted by Crippen LogP contribution is -2.24. The fraction of sp³-hybridized carbons (Fsp3) is 0.292. The first-order valence-corrected chi connectivity index (χ1v) is 11.5. The van der Waals surface area contributed by atoms with Crippen molar-refractivity contribution in [3.05, 3.63) is 59.7 Å². The highest BCUT2D eigenvalue weighted by Gasteiger charge is 2.27. The van der Waals surface area contributed by atoms with Gasteiger partial charge in [-0.15, -0.1) is 10.2 Å². The van der Waals surface area contributed by atoms with Crippen molar-refractivity contribution in [3.63, 3.8) is 0 Å². The van der Waals surface area contributed by atoms with Crippen molar-refractivity contribution < 1.29 is 4.79 Å². The van der Waals surface area contributed by atoms with Gasteiger partial charge in [-0.3, -0.25) is 9.36 Å². The summed E-state index contributed by atoms with van der Waals surface area (Å²) in [6.45, 7) is 0. The summed E-state index contributed by atoms with van der Waals surface area (Å²) in [5.74, 6) is 0.701. The van der Waals surface area contributed by atoms with Crippen LogP contribution in [-0.4, -0.2) is 25.7 Å². The highest BCUT2D eigenvalue weighted by atomic mass is 32.2. The molecule has 0 bridgehead atoms. The number of carbonyl (C=O) groups is 1. The van der Waals surface area contributed by atoms with Crippen molar-refractivity contribution in [2.45, 2.75) is 43.0 Å². The van der Waals surface area contributed by atoms with E-state index in [1.165, 1.54) is 18.2 Å². The first-order valence-electron chi connectivity index (χ1n) is 10.5. The van der Waals surface area contributed by atoms with E-state index in [1.54, 1.807) is 10.6 Å². The number of hydrogen-bond donors (Lipinski definition) is 0. The maximum absolute atomic E-state index is 13.5. The zero-order chi connectivity index (χ0) is 21.2. The minimum absolute atomic E-state index is 0.0290. The molecule has 1 aliphatic carbocycles. The summed E-state index contributed by atoms with van der Waals surface area (Å²) in [6, 6.07) is 17.5. The summed E-state index contributed by atoms with van der Waals surface area (Å²) in [7, 11) is 0. The Morgan fingerprint density at radius 3 is 2.68 bits per heavy atom. The maximum atomic E-state index is 13.5. The molecule has 4 aromatic rings. The number of hydrogen-bond acceptors (Lipinski definition) is 6. The molecule has 1 saturated carbocycles. The Balaban J connectivity index is 1.55. The highest BCUT2D eigenvalue weighted by molar-refractivity contribution is 7.98. The van der Waals surface area contributed by atoms with Crippen LogP contribution in [0.25, 0.3) is 22.1 Å². The molecule has 0 saturated heterocycles. The quantitative estimate of drug-likeness (QED) is 0.407. The average molecular weight is 428 g/mol. The van der Waals surface area contributed by atoms with Crippen LogP contribution in [-0.2, 0) is 5.75 Å². The summed E-state index contributed by atoms with van der Waals surface area (Å²) < 4.78 is 1.75. The second-order valence-electron chi connectivity index (χ2n) is 7.85. The molecule has 2 heterocycles. The molecule has 6 nitrogen and oxygen atoms in total. The van der Waals surface area contributed by atoms with Crippen LogP contribution in [0.4, 0.5) is 0 Å². The van der Waals surface area contributed by atoms with Gasteiger partial charge in [-0.25, -0.2) is 4.98 Å². The molecule has 7 heteroatoms. The van der Waals surface area contributed by atoms with Gasteiger partial charge in [-0.1, -0.05) is 67.4 Å². The van der Waals surface area contributed by atoms with Gasteiger partial charge < -0.3 is 0 Å². The SMILES string of the molecule is N#Cc1ccccc1CSc1nnc2c3ccccc3n(C(=O)C3CCCCC3)c2n1. The standard InChI is InChI=1S/C24H21N5OS/c25-14-17-10-4-5-11-18(17)15-31-24-26-22-21(27-28-24)19-12-6-7-13-20(19)29(22)23(30)16-8-2-1-3-9-16/h4-7,10-13,16H,1-3,8-9,15H2. The Kier molecular flexibility index (Phi) is 5.39. The molecule has 2 aromatic heterocycles. The molecule has 154 valence electrons. The lowest BCUT2D eigenvalue weighted by atomic mass is 9.88. The van der Waals surface area contributed by atoms with Crippen molar-refractivity contribution in [2.75, 3.05) is 0 Å². The summed E-state index contributed by atoms with van der Waals surface area (Å²) in [4.78, 5) is 18.2. The number of thioether (sulfide) groups is 1. The van der Waals surface area contributed by atoms with Gasteiger partial charge in [0.2, 0.25) is 11.1 Å². The van der Waals surface area contributed by atoms with E-state index >= 15 is 0 Å². The lowest BCUT2D eigenvalue weighted by molar-refractivity contribution is 0.0812. The monoisotopic (exact) mass is 427 g/mol. The van der Waals surface area contributed by atoms with Gasteiger partial charge in [0.1, 0.15) is 5.52 Å². The zero-order valence-electron chi connectivity index (χ0n) is 17.0. The lowest BCUT2D eigenvalue weighted by Gasteiger charge is -2.21. The average Bonchev–Trinajstić information content (AvgIpc) is 3.16. The second kappa shape index (κ2) is 8.48. The van der Waals surface area contributed by atoms with Gasteiger partial charge in [0.15, 0.2) is 5.65 Å². The molecular weight excluding hydrogens is 406 g/mol. The zero-order valence-corrected chi connectivity index (χ0v) is 17.8. The van der Waals surface area contributed by atoms with Gasteiger partial charge in [-0.2, -0.15) is 5.26 Å². The van der Waals surface area contributed by atoms with Crippen LogP contribution in [0.15, 0.2) is 53.7 Å². The highest BCUT2D eigenvalue weighted by Crippen LogP contribution is 2.32. The molecule has 0 spiro atoms. The molecule has 1 aliphatic rings. The smallest absolute Gasteiger partial charge is 0.235 e. The summed E-state index contributed by atoms with van der Waals surface area (Å²) in [5.41, 5.74) is 3.64. The molecule has 0 unspecified atom stereocenters. The Bertz CT molecular complexity index is 1320. The Morgan fingerprint density at radius 2 is 1.84 bits per heavy atom. The number of para-hydroxylation sites is 1. The second-order valence-corrected chi connectivity index (χ2v) is 8.79. The first kappa shape index (κ1) is 19.7. The predicted molar refractivity (Wildman–Crippen MR) is 121 cm³/mol. The number of benzene rings is 2. The van der Waals surface area contributed by atoms with E-state index in [4.69, 9.17) is 4.98 Å². The first-order chi connectivity index (χ1) is 15.3. The van der Waals surface area contributed by atoms with Crippen molar-refractivity contribution in [1.29, 1.82) is 5.26 Å². The number of rotatable bonds is 4. The van der Waals surface area contributed by atoms with Gasteiger partial charge in [0.25, 0.3) is 0 Å². The Labute approximate surface area is 184 Å². The van der Waals surface area contributed by atoms with Gasteiger partial charge in [0, 0.05) is 17.1 Å². The Morgan fingerprint density at radius 1 is 1.06 bits per heavy atom. The number of fused-ring (bicyclic) bond motifs is 3.